The summed E-state index contributed by atoms with van der Waals surface area (Å²) in [5.74, 6) is 0.103. The molecule has 4 rings (SSSR count). The maximum atomic E-state index is 13.0. The normalized spacial score (nSPS) is 15.8. The van der Waals surface area contributed by atoms with Crippen LogP contribution in [0, 0.1) is 5.92 Å². The van der Waals surface area contributed by atoms with Crippen molar-refractivity contribution in [3.05, 3.63) is 90.0 Å². The first-order valence-corrected chi connectivity index (χ1v) is 10.0. The molecular formula is C25H24N2O3. The lowest BCUT2D eigenvalue weighted by atomic mass is 10.0. The van der Waals surface area contributed by atoms with Crippen molar-refractivity contribution in [3.8, 4) is 5.75 Å². The lowest BCUT2D eigenvalue weighted by Crippen LogP contribution is -2.28. The van der Waals surface area contributed by atoms with Crippen LogP contribution < -0.4 is 15.0 Å². The first kappa shape index (κ1) is 19.7. The monoisotopic (exact) mass is 400 g/mol. The molecular weight excluding hydrogens is 376 g/mol. The molecule has 0 saturated carbocycles. The largest absolute Gasteiger partial charge is 0.497 e. The van der Waals surface area contributed by atoms with Crippen molar-refractivity contribution >= 4 is 23.2 Å². The van der Waals surface area contributed by atoms with E-state index >= 15 is 0 Å². The molecule has 1 fully saturated rings. The van der Waals surface area contributed by atoms with E-state index in [0.717, 1.165) is 23.4 Å². The van der Waals surface area contributed by atoms with Crippen LogP contribution >= 0.6 is 0 Å². The van der Waals surface area contributed by atoms with Crippen LogP contribution in [0.3, 0.4) is 0 Å². The fourth-order valence-corrected chi connectivity index (χ4v) is 3.76. The summed E-state index contributed by atoms with van der Waals surface area (Å²) in [7, 11) is 1.59. The molecule has 1 saturated heterocycles. The Kier molecular flexibility index (Phi) is 5.80. The van der Waals surface area contributed by atoms with E-state index in [9.17, 15) is 9.59 Å². The average molecular weight is 400 g/mol. The number of anilines is 2. The van der Waals surface area contributed by atoms with E-state index in [1.807, 2.05) is 66.7 Å². The van der Waals surface area contributed by atoms with Gasteiger partial charge in [0, 0.05) is 30.4 Å². The molecule has 1 aliphatic heterocycles. The van der Waals surface area contributed by atoms with Gasteiger partial charge in [-0.25, -0.2) is 0 Å². The molecule has 5 nitrogen and oxygen atoms in total. The summed E-state index contributed by atoms with van der Waals surface area (Å²) in [6.07, 6.45) is 0.931. The fraction of sp³-hybridized carbons (Fsp3) is 0.200. The molecule has 3 aromatic carbocycles. The molecule has 152 valence electrons. The summed E-state index contributed by atoms with van der Waals surface area (Å²) < 4.78 is 5.25. The molecule has 1 atom stereocenters. The minimum atomic E-state index is -0.395. The van der Waals surface area contributed by atoms with Crippen LogP contribution in [0.4, 0.5) is 11.4 Å². The van der Waals surface area contributed by atoms with Gasteiger partial charge in [0.15, 0.2) is 0 Å². The Morgan fingerprint density at radius 3 is 2.60 bits per heavy atom. The molecule has 1 aliphatic rings. The van der Waals surface area contributed by atoms with Crippen LogP contribution in [0.5, 0.6) is 5.75 Å². The Bertz CT molecular complexity index is 1050. The Morgan fingerprint density at radius 1 is 1.03 bits per heavy atom. The van der Waals surface area contributed by atoms with Crippen molar-refractivity contribution in [2.75, 3.05) is 23.9 Å². The van der Waals surface area contributed by atoms with Crippen molar-refractivity contribution in [1.82, 2.24) is 0 Å². The van der Waals surface area contributed by atoms with Crippen LogP contribution in [0.1, 0.15) is 17.5 Å². The molecule has 2 amide bonds. The minimum Gasteiger partial charge on any atom is -0.497 e. The molecule has 0 bridgehead atoms. The number of ether oxygens (including phenoxy) is 1. The molecule has 1 N–H and O–H groups in total. The van der Waals surface area contributed by atoms with Crippen molar-refractivity contribution in [2.45, 2.75) is 12.8 Å². The van der Waals surface area contributed by atoms with Crippen molar-refractivity contribution in [2.24, 2.45) is 5.92 Å². The van der Waals surface area contributed by atoms with Gasteiger partial charge in [-0.1, -0.05) is 54.6 Å². The van der Waals surface area contributed by atoms with Gasteiger partial charge in [-0.3, -0.25) is 9.59 Å². The van der Waals surface area contributed by atoms with E-state index in [2.05, 4.69) is 17.4 Å². The van der Waals surface area contributed by atoms with Crippen molar-refractivity contribution in [3.63, 3.8) is 0 Å². The number of nitrogens with zero attached hydrogens (tertiary/aromatic N) is 1. The molecule has 5 heteroatoms. The van der Waals surface area contributed by atoms with E-state index in [0.29, 0.717) is 12.3 Å². The quantitative estimate of drug-likeness (QED) is 0.672. The molecule has 0 unspecified atom stereocenters. The average Bonchev–Trinajstić information content (AvgIpc) is 3.18. The number of hydrogen-bond acceptors (Lipinski definition) is 3. The zero-order valence-electron chi connectivity index (χ0n) is 16.9. The SMILES string of the molecule is COc1cccc(N2C[C@H](C(=O)Nc3ccccc3Cc3ccccc3)CC2=O)c1. The number of hydrogen-bond donors (Lipinski definition) is 1. The highest BCUT2D eigenvalue weighted by Crippen LogP contribution is 2.29. The van der Waals surface area contributed by atoms with E-state index in [1.54, 1.807) is 12.0 Å². The molecule has 0 spiro atoms. The number of rotatable bonds is 6. The number of amides is 2. The Labute approximate surface area is 176 Å². The number of benzene rings is 3. The van der Waals surface area contributed by atoms with Crippen LogP contribution in [-0.4, -0.2) is 25.5 Å². The van der Waals surface area contributed by atoms with E-state index in [4.69, 9.17) is 4.74 Å². The molecule has 0 aliphatic carbocycles. The molecule has 3 aromatic rings. The van der Waals surface area contributed by atoms with E-state index in [-0.39, 0.29) is 18.2 Å². The standard InChI is InChI=1S/C25H24N2O3/c1-30-22-12-7-11-21(16-22)27-17-20(15-24(27)28)25(29)26-23-13-6-5-10-19(23)14-18-8-3-2-4-9-18/h2-13,16,20H,14-15,17H2,1H3,(H,26,29)/t20-/m1/s1. The molecule has 30 heavy (non-hydrogen) atoms. The third kappa shape index (κ3) is 4.35. The zero-order valence-corrected chi connectivity index (χ0v) is 16.9. The maximum absolute atomic E-state index is 13.0. The molecule has 1 heterocycles. The number of carbonyl (C=O) groups excluding carboxylic acids is 2. The third-order valence-electron chi connectivity index (χ3n) is 5.37. The second kappa shape index (κ2) is 8.82. The van der Waals surface area contributed by atoms with Crippen molar-refractivity contribution in [1.29, 1.82) is 0 Å². The number of methoxy groups -OCH3 is 1. The van der Waals surface area contributed by atoms with Gasteiger partial charge < -0.3 is 15.0 Å². The van der Waals surface area contributed by atoms with E-state index < -0.39 is 5.92 Å². The second-order valence-corrected chi connectivity index (χ2v) is 7.42. The highest BCUT2D eigenvalue weighted by molar-refractivity contribution is 6.03. The van der Waals surface area contributed by atoms with Crippen molar-refractivity contribution < 1.29 is 14.3 Å². The smallest absolute Gasteiger partial charge is 0.229 e. The zero-order chi connectivity index (χ0) is 20.9. The third-order valence-corrected chi connectivity index (χ3v) is 5.37. The van der Waals surface area contributed by atoms with Crippen LogP contribution in [-0.2, 0) is 16.0 Å². The fourth-order valence-electron chi connectivity index (χ4n) is 3.76. The van der Waals surface area contributed by atoms with Gasteiger partial charge in [0.1, 0.15) is 5.75 Å². The van der Waals surface area contributed by atoms with Crippen LogP contribution in [0.25, 0.3) is 0 Å². The summed E-state index contributed by atoms with van der Waals surface area (Å²) >= 11 is 0. The second-order valence-electron chi connectivity index (χ2n) is 7.42. The van der Waals surface area contributed by atoms with Crippen LogP contribution in [0.2, 0.25) is 0 Å². The summed E-state index contributed by atoms with van der Waals surface area (Å²) in [5.41, 5.74) is 3.77. The number of para-hydroxylation sites is 1. The minimum absolute atomic E-state index is 0.0547. The van der Waals surface area contributed by atoms with Gasteiger partial charge in [-0.15, -0.1) is 0 Å². The number of carbonyl (C=O) groups is 2. The van der Waals surface area contributed by atoms with E-state index in [1.165, 1.54) is 5.56 Å². The number of nitrogens with one attached hydrogen (secondary N) is 1. The first-order valence-electron chi connectivity index (χ1n) is 10.0. The summed E-state index contributed by atoms with van der Waals surface area (Å²) in [4.78, 5) is 27.2. The van der Waals surface area contributed by atoms with Gasteiger partial charge in [0.2, 0.25) is 11.8 Å². The van der Waals surface area contributed by atoms with Gasteiger partial charge >= 0.3 is 0 Å². The summed E-state index contributed by atoms with van der Waals surface area (Å²) in [6.45, 7) is 0.360. The predicted molar refractivity (Wildman–Crippen MR) is 118 cm³/mol. The Hall–Kier alpha value is -3.60. The Balaban J connectivity index is 1.47. The summed E-state index contributed by atoms with van der Waals surface area (Å²) in [5, 5.41) is 3.05. The van der Waals surface area contributed by atoms with Crippen LogP contribution in [0.15, 0.2) is 78.9 Å². The van der Waals surface area contributed by atoms with Gasteiger partial charge in [0.25, 0.3) is 0 Å². The predicted octanol–water partition coefficient (Wildman–Crippen LogP) is 4.28. The first-order chi connectivity index (χ1) is 14.6. The highest BCUT2D eigenvalue weighted by Gasteiger charge is 2.35. The lowest BCUT2D eigenvalue weighted by Gasteiger charge is -2.18. The Morgan fingerprint density at radius 2 is 1.80 bits per heavy atom. The highest BCUT2D eigenvalue weighted by atomic mass is 16.5. The summed E-state index contributed by atoms with van der Waals surface area (Å²) in [6, 6.07) is 25.3. The van der Waals surface area contributed by atoms with Gasteiger partial charge in [-0.2, -0.15) is 0 Å². The lowest BCUT2D eigenvalue weighted by molar-refractivity contribution is -0.122. The van der Waals surface area contributed by atoms with Gasteiger partial charge in [-0.05, 0) is 35.7 Å². The maximum Gasteiger partial charge on any atom is 0.229 e. The molecule has 0 aromatic heterocycles. The molecule has 0 radical (unpaired) electrons. The topological polar surface area (TPSA) is 58.6 Å². The van der Waals surface area contributed by atoms with Gasteiger partial charge in [0.05, 0.1) is 13.0 Å².